The molecule has 33 heavy (non-hydrogen) atoms. The number of hydrogen-bond acceptors (Lipinski definition) is 5. The number of nitrogens with one attached hydrogen (secondary N) is 4. The molecule has 3 amide bonds. The van der Waals surface area contributed by atoms with Gasteiger partial charge in [-0.1, -0.05) is 55.3 Å². The molecule has 0 bridgehead atoms. The van der Waals surface area contributed by atoms with Gasteiger partial charge in [0, 0.05) is 13.1 Å². The van der Waals surface area contributed by atoms with Gasteiger partial charge in [0.05, 0.1) is 10.9 Å². The Bertz CT molecular complexity index is 1200. The maximum absolute atomic E-state index is 13.2. The van der Waals surface area contributed by atoms with E-state index in [0.29, 0.717) is 36.8 Å². The summed E-state index contributed by atoms with van der Waals surface area (Å²) in [7, 11) is 0. The first-order valence-corrected chi connectivity index (χ1v) is 11.2. The predicted octanol–water partition coefficient (Wildman–Crippen LogP) is 2.67. The van der Waals surface area contributed by atoms with E-state index in [9.17, 15) is 14.4 Å². The predicted molar refractivity (Wildman–Crippen MR) is 126 cm³/mol. The second-order valence-corrected chi connectivity index (χ2v) is 8.16. The average Bonchev–Trinajstić information content (AvgIpc) is 3.31. The maximum atomic E-state index is 13.2. The van der Waals surface area contributed by atoms with Gasteiger partial charge in [-0.05, 0) is 37.5 Å². The fourth-order valence-corrected chi connectivity index (χ4v) is 4.22. The Morgan fingerprint density at radius 1 is 1.03 bits per heavy atom. The first kappa shape index (κ1) is 22.3. The minimum atomic E-state index is -1.03. The van der Waals surface area contributed by atoms with E-state index in [4.69, 9.17) is 0 Å². The summed E-state index contributed by atoms with van der Waals surface area (Å²) in [5, 5.41) is 6.21. The molecule has 4 N–H and O–H groups in total. The number of rotatable bonds is 7. The highest BCUT2D eigenvalue weighted by Gasteiger charge is 2.42. The molecular formula is C24H28N6O3. The first-order chi connectivity index (χ1) is 16.0. The molecule has 0 atom stereocenters. The Hall–Kier alpha value is -3.88. The van der Waals surface area contributed by atoms with E-state index >= 15 is 0 Å². The SMILES string of the molecule is CCn1c(NNC(=O)C2(NC(=O)NCc3ccccc3)CCCC2)nc2ccccc2c1=O. The molecule has 0 radical (unpaired) electrons. The van der Waals surface area contributed by atoms with Crippen molar-refractivity contribution >= 4 is 28.8 Å². The Labute approximate surface area is 191 Å². The molecule has 0 spiro atoms. The van der Waals surface area contributed by atoms with Gasteiger partial charge in [0.15, 0.2) is 0 Å². The van der Waals surface area contributed by atoms with Gasteiger partial charge in [-0.3, -0.25) is 25.0 Å². The molecule has 1 aliphatic rings. The highest BCUT2D eigenvalue weighted by atomic mass is 16.2. The molecule has 172 valence electrons. The van der Waals surface area contributed by atoms with Gasteiger partial charge >= 0.3 is 6.03 Å². The largest absolute Gasteiger partial charge is 0.334 e. The summed E-state index contributed by atoms with van der Waals surface area (Å²) in [6.07, 6.45) is 2.73. The molecule has 1 aliphatic carbocycles. The molecule has 1 fully saturated rings. The standard InChI is InChI=1S/C24H28N6O3/c1-2-30-20(31)18-12-6-7-13-19(18)26-22(30)29-28-21(32)24(14-8-9-15-24)27-23(33)25-16-17-10-4-3-5-11-17/h3-7,10-13H,2,8-9,14-16H2,1H3,(H,26,29)(H,28,32)(H2,25,27,33). The zero-order chi connectivity index (χ0) is 23.3. The van der Waals surface area contributed by atoms with E-state index < -0.39 is 11.6 Å². The lowest BCUT2D eigenvalue weighted by molar-refractivity contribution is -0.126. The van der Waals surface area contributed by atoms with Crippen LogP contribution in [-0.2, 0) is 17.9 Å². The Kier molecular flexibility index (Phi) is 6.58. The topological polar surface area (TPSA) is 117 Å². The Balaban J connectivity index is 1.45. The third-order valence-corrected chi connectivity index (χ3v) is 6.01. The number of hydrogen-bond donors (Lipinski definition) is 4. The lowest BCUT2D eigenvalue weighted by Gasteiger charge is -2.29. The van der Waals surface area contributed by atoms with Crippen molar-refractivity contribution in [2.45, 2.75) is 51.2 Å². The van der Waals surface area contributed by atoms with Crippen LogP contribution in [0.1, 0.15) is 38.2 Å². The van der Waals surface area contributed by atoms with Crippen LogP contribution < -0.4 is 27.0 Å². The van der Waals surface area contributed by atoms with Crippen molar-refractivity contribution in [3.63, 3.8) is 0 Å². The van der Waals surface area contributed by atoms with Crippen LogP contribution in [0.5, 0.6) is 0 Å². The van der Waals surface area contributed by atoms with Crippen LogP contribution in [0.4, 0.5) is 10.7 Å². The molecule has 9 heteroatoms. The monoisotopic (exact) mass is 448 g/mol. The van der Waals surface area contributed by atoms with Gasteiger partial charge in [-0.25, -0.2) is 9.78 Å². The average molecular weight is 449 g/mol. The molecule has 0 unspecified atom stereocenters. The van der Waals surface area contributed by atoms with Crippen LogP contribution in [0.3, 0.4) is 0 Å². The molecule has 1 heterocycles. The zero-order valence-corrected chi connectivity index (χ0v) is 18.6. The van der Waals surface area contributed by atoms with Crippen molar-refractivity contribution in [2.24, 2.45) is 0 Å². The van der Waals surface area contributed by atoms with Gasteiger partial charge < -0.3 is 10.6 Å². The van der Waals surface area contributed by atoms with Crippen molar-refractivity contribution in [3.05, 3.63) is 70.5 Å². The van der Waals surface area contributed by atoms with Crippen LogP contribution in [0.2, 0.25) is 0 Å². The second-order valence-electron chi connectivity index (χ2n) is 8.16. The number of aromatic nitrogens is 2. The highest BCUT2D eigenvalue weighted by Crippen LogP contribution is 2.30. The van der Waals surface area contributed by atoms with Crippen LogP contribution in [-0.4, -0.2) is 27.0 Å². The molecule has 2 aromatic carbocycles. The van der Waals surface area contributed by atoms with E-state index in [2.05, 4.69) is 26.5 Å². The molecule has 9 nitrogen and oxygen atoms in total. The van der Waals surface area contributed by atoms with Crippen LogP contribution in [0, 0.1) is 0 Å². The normalized spacial score (nSPS) is 14.6. The third kappa shape index (κ3) is 4.82. The van der Waals surface area contributed by atoms with Gasteiger partial charge in [0.2, 0.25) is 5.95 Å². The summed E-state index contributed by atoms with van der Waals surface area (Å²) in [5.74, 6) is -0.115. The van der Waals surface area contributed by atoms with Gasteiger partial charge in [0.25, 0.3) is 11.5 Å². The maximum Gasteiger partial charge on any atom is 0.315 e. The summed E-state index contributed by atoms with van der Waals surface area (Å²) >= 11 is 0. The number of hydrazine groups is 1. The minimum Gasteiger partial charge on any atom is -0.334 e. The van der Waals surface area contributed by atoms with E-state index in [1.807, 2.05) is 37.3 Å². The zero-order valence-electron chi connectivity index (χ0n) is 18.6. The number of nitrogens with zero attached hydrogens (tertiary/aromatic N) is 2. The summed E-state index contributed by atoms with van der Waals surface area (Å²) in [6.45, 7) is 2.59. The quantitative estimate of drug-likeness (QED) is 0.415. The number of carbonyl (C=O) groups is 2. The Morgan fingerprint density at radius 2 is 1.73 bits per heavy atom. The summed E-state index contributed by atoms with van der Waals surface area (Å²) in [5.41, 5.74) is 5.78. The number of fused-ring (bicyclic) bond motifs is 1. The van der Waals surface area contributed by atoms with E-state index in [-0.39, 0.29) is 17.4 Å². The fourth-order valence-electron chi connectivity index (χ4n) is 4.22. The summed E-state index contributed by atoms with van der Waals surface area (Å²) < 4.78 is 1.46. The van der Waals surface area contributed by atoms with Crippen molar-refractivity contribution in [1.82, 2.24) is 25.6 Å². The van der Waals surface area contributed by atoms with Crippen LogP contribution in [0.15, 0.2) is 59.4 Å². The number of urea groups is 1. The summed E-state index contributed by atoms with van der Waals surface area (Å²) in [4.78, 5) is 43.0. The minimum absolute atomic E-state index is 0.186. The lowest BCUT2D eigenvalue weighted by atomic mass is 9.97. The van der Waals surface area contributed by atoms with E-state index in [1.54, 1.807) is 24.3 Å². The fraction of sp³-hybridized carbons (Fsp3) is 0.333. The number of amides is 3. The van der Waals surface area contributed by atoms with Crippen molar-refractivity contribution < 1.29 is 9.59 Å². The van der Waals surface area contributed by atoms with Gasteiger partial charge in [-0.15, -0.1) is 0 Å². The third-order valence-electron chi connectivity index (χ3n) is 6.01. The second kappa shape index (κ2) is 9.72. The number of para-hydroxylation sites is 1. The highest BCUT2D eigenvalue weighted by molar-refractivity contribution is 5.92. The van der Waals surface area contributed by atoms with Crippen molar-refractivity contribution in [2.75, 3.05) is 5.43 Å². The number of anilines is 1. The van der Waals surface area contributed by atoms with Crippen LogP contribution >= 0.6 is 0 Å². The lowest BCUT2D eigenvalue weighted by Crippen LogP contribution is -2.60. The molecule has 3 aromatic rings. The molecular weight excluding hydrogens is 420 g/mol. The smallest absolute Gasteiger partial charge is 0.315 e. The Morgan fingerprint density at radius 3 is 2.45 bits per heavy atom. The van der Waals surface area contributed by atoms with E-state index in [1.165, 1.54) is 4.57 Å². The number of benzene rings is 2. The molecule has 0 aliphatic heterocycles. The molecule has 1 saturated carbocycles. The molecule has 1 aromatic heterocycles. The van der Waals surface area contributed by atoms with E-state index in [0.717, 1.165) is 18.4 Å². The first-order valence-electron chi connectivity index (χ1n) is 11.2. The van der Waals surface area contributed by atoms with Crippen molar-refractivity contribution in [3.8, 4) is 0 Å². The van der Waals surface area contributed by atoms with Crippen LogP contribution in [0.25, 0.3) is 10.9 Å². The number of carbonyl (C=O) groups excluding carboxylic acids is 2. The summed E-state index contributed by atoms with van der Waals surface area (Å²) in [6, 6.07) is 16.2. The van der Waals surface area contributed by atoms with Gasteiger partial charge in [-0.2, -0.15) is 0 Å². The van der Waals surface area contributed by atoms with Gasteiger partial charge in [0.1, 0.15) is 5.54 Å². The van der Waals surface area contributed by atoms with Crippen molar-refractivity contribution in [1.29, 1.82) is 0 Å². The molecule has 4 rings (SSSR count). The molecule has 0 saturated heterocycles.